The second kappa shape index (κ2) is 7.48. The highest BCUT2D eigenvalue weighted by molar-refractivity contribution is 7.89. The molecule has 26 heavy (non-hydrogen) atoms. The molecular weight excluding hydrogens is 397 g/mol. The fourth-order valence-corrected chi connectivity index (χ4v) is 5.68. The van der Waals surface area contributed by atoms with E-state index in [0.29, 0.717) is 48.9 Å². The van der Waals surface area contributed by atoms with Gasteiger partial charge in [-0.25, -0.2) is 8.42 Å². The second-order valence-electron chi connectivity index (χ2n) is 6.56. The van der Waals surface area contributed by atoms with Crippen LogP contribution in [0.1, 0.15) is 22.6 Å². The van der Waals surface area contributed by atoms with Gasteiger partial charge in [-0.15, -0.1) is 0 Å². The van der Waals surface area contributed by atoms with Gasteiger partial charge in [0.1, 0.15) is 4.90 Å². The maximum atomic E-state index is 13.1. The van der Waals surface area contributed by atoms with Gasteiger partial charge in [0, 0.05) is 37.3 Å². The van der Waals surface area contributed by atoms with E-state index >= 15 is 0 Å². The minimum Gasteiger partial charge on any atom is -0.360 e. The summed E-state index contributed by atoms with van der Waals surface area (Å²) in [5, 5.41) is 4.53. The smallest absolute Gasteiger partial charge is 0.244 e. The van der Waals surface area contributed by atoms with Crippen molar-refractivity contribution in [2.75, 3.05) is 26.2 Å². The number of hydrogen-bond acceptors (Lipinski definition) is 5. The Bertz CT molecular complexity index is 893. The average molecular weight is 418 g/mol. The van der Waals surface area contributed by atoms with Crippen LogP contribution in [0.25, 0.3) is 0 Å². The SMILES string of the molecule is Cc1cc(CN2CCN(S(=O)(=O)c3c(C)c(Cl)cc(C)c3Cl)CC2)on1. The number of aryl methyl sites for hydroxylation is 2. The summed E-state index contributed by atoms with van der Waals surface area (Å²) in [6, 6.07) is 3.58. The summed E-state index contributed by atoms with van der Waals surface area (Å²) in [5.74, 6) is 0.781. The zero-order valence-corrected chi connectivity index (χ0v) is 17.2. The van der Waals surface area contributed by atoms with E-state index in [1.807, 2.05) is 13.0 Å². The first-order chi connectivity index (χ1) is 12.2. The summed E-state index contributed by atoms with van der Waals surface area (Å²) in [6.07, 6.45) is 0. The zero-order valence-electron chi connectivity index (χ0n) is 14.9. The average Bonchev–Trinajstić information content (AvgIpc) is 2.98. The molecule has 1 aliphatic heterocycles. The van der Waals surface area contributed by atoms with Gasteiger partial charge in [-0.3, -0.25) is 4.90 Å². The third-order valence-corrected chi connectivity index (χ3v) is 7.64. The summed E-state index contributed by atoms with van der Waals surface area (Å²) in [7, 11) is -3.71. The number of rotatable bonds is 4. The number of halogens is 2. The quantitative estimate of drug-likeness (QED) is 0.762. The van der Waals surface area contributed by atoms with Gasteiger partial charge in [-0.05, 0) is 38.0 Å². The number of hydrogen-bond donors (Lipinski definition) is 0. The fourth-order valence-electron chi connectivity index (χ4n) is 3.09. The maximum Gasteiger partial charge on any atom is 0.244 e. The number of aromatic nitrogens is 1. The Morgan fingerprint density at radius 1 is 1.12 bits per heavy atom. The van der Waals surface area contributed by atoms with Gasteiger partial charge >= 0.3 is 0 Å². The molecule has 2 aromatic rings. The first-order valence-electron chi connectivity index (χ1n) is 8.30. The van der Waals surface area contributed by atoms with Gasteiger partial charge in [0.15, 0.2) is 5.76 Å². The lowest BCUT2D eigenvalue weighted by atomic mass is 10.2. The molecule has 0 aliphatic carbocycles. The highest BCUT2D eigenvalue weighted by atomic mass is 35.5. The standard InChI is InChI=1S/C17H21Cl2N3O3S/c1-11-8-15(18)13(3)17(16(11)19)26(23,24)22-6-4-21(5-7-22)10-14-9-12(2)20-25-14/h8-9H,4-7,10H2,1-3H3. The molecule has 1 saturated heterocycles. The lowest BCUT2D eigenvalue weighted by Crippen LogP contribution is -2.48. The first-order valence-corrected chi connectivity index (χ1v) is 10.5. The Morgan fingerprint density at radius 3 is 2.35 bits per heavy atom. The van der Waals surface area contributed by atoms with Crippen molar-refractivity contribution in [3.63, 3.8) is 0 Å². The van der Waals surface area contributed by atoms with Gasteiger partial charge < -0.3 is 4.52 Å². The predicted molar refractivity (Wildman–Crippen MR) is 101 cm³/mol. The molecule has 142 valence electrons. The highest BCUT2D eigenvalue weighted by Gasteiger charge is 2.32. The van der Waals surface area contributed by atoms with Crippen LogP contribution in [0.5, 0.6) is 0 Å². The van der Waals surface area contributed by atoms with Crippen molar-refractivity contribution in [2.24, 2.45) is 0 Å². The molecule has 0 N–H and O–H groups in total. The Balaban J connectivity index is 1.77. The van der Waals surface area contributed by atoms with Crippen LogP contribution in [-0.2, 0) is 16.6 Å². The van der Waals surface area contributed by atoms with E-state index in [-0.39, 0.29) is 9.92 Å². The van der Waals surface area contributed by atoms with E-state index in [1.54, 1.807) is 19.9 Å². The molecule has 1 aromatic carbocycles. The molecule has 0 radical (unpaired) electrons. The largest absolute Gasteiger partial charge is 0.360 e. The Morgan fingerprint density at radius 2 is 1.77 bits per heavy atom. The molecular formula is C17H21Cl2N3O3S. The minimum atomic E-state index is -3.71. The number of nitrogens with zero attached hydrogens (tertiary/aromatic N) is 3. The van der Waals surface area contributed by atoms with Crippen molar-refractivity contribution >= 4 is 33.2 Å². The summed E-state index contributed by atoms with van der Waals surface area (Å²) in [4.78, 5) is 2.26. The van der Waals surface area contributed by atoms with E-state index in [4.69, 9.17) is 27.7 Å². The van der Waals surface area contributed by atoms with Gasteiger partial charge in [0.25, 0.3) is 0 Å². The monoisotopic (exact) mass is 417 g/mol. The molecule has 1 aromatic heterocycles. The summed E-state index contributed by atoms with van der Waals surface area (Å²) in [5.41, 5.74) is 1.98. The molecule has 9 heteroatoms. The fraction of sp³-hybridized carbons (Fsp3) is 0.471. The van der Waals surface area contributed by atoms with Gasteiger partial charge in [0.2, 0.25) is 10.0 Å². The molecule has 0 bridgehead atoms. The predicted octanol–water partition coefficient (Wildman–Crippen LogP) is 3.41. The van der Waals surface area contributed by atoms with Crippen molar-refractivity contribution in [3.05, 3.63) is 44.8 Å². The van der Waals surface area contributed by atoms with Gasteiger partial charge in [-0.2, -0.15) is 4.31 Å². The van der Waals surface area contributed by atoms with Crippen LogP contribution in [0.3, 0.4) is 0 Å². The summed E-state index contributed by atoms with van der Waals surface area (Å²) in [6.45, 7) is 7.91. The Kier molecular flexibility index (Phi) is 5.65. The summed E-state index contributed by atoms with van der Waals surface area (Å²) >= 11 is 12.5. The molecule has 3 rings (SSSR count). The maximum absolute atomic E-state index is 13.1. The molecule has 0 amide bonds. The van der Waals surface area contributed by atoms with Crippen LogP contribution in [-0.4, -0.2) is 49.0 Å². The van der Waals surface area contributed by atoms with Crippen LogP contribution in [0.15, 0.2) is 21.6 Å². The van der Waals surface area contributed by atoms with Crippen molar-refractivity contribution < 1.29 is 12.9 Å². The van der Waals surface area contributed by atoms with Crippen LogP contribution >= 0.6 is 23.2 Å². The number of piperazine rings is 1. The van der Waals surface area contributed by atoms with Crippen LogP contribution in [0, 0.1) is 20.8 Å². The van der Waals surface area contributed by atoms with Crippen molar-refractivity contribution in [2.45, 2.75) is 32.2 Å². The number of sulfonamides is 1. The summed E-state index contributed by atoms with van der Waals surface area (Å²) < 4.78 is 33.0. The highest BCUT2D eigenvalue weighted by Crippen LogP contribution is 2.35. The van der Waals surface area contributed by atoms with E-state index in [2.05, 4.69) is 10.1 Å². The van der Waals surface area contributed by atoms with Gasteiger partial charge in [0.05, 0.1) is 17.3 Å². The second-order valence-corrected chi connectivity index (χ2v) is 9.22. The van der Waals surface area contributed by atoms with Crippen LogP contribution < -0.4 is 0 Å². The van der Waals surface area contributed by atoms with Gasteiger partial charge in [-0.1, -0.05) is 28.4 Å². The van der Waals surface area contributed by atoms with Crippen LogP contribution in [0.2, 0.25) is 10.0 Å². The van der Waals surface area contributed by atoms with Crippen molar-refractivity contribution in [1.82, 2.24) is 14.4 Å². The van der Waals surface area contributed by atoms with E-state index < -0.39 is 10.0 Å². The molecule has 0 spiro atoms. The normalized spacial score (nSPS) is 17.0. The molecule has 1 aliphatic rings. The van der Waals surface area contributed by atoms with Crippen LogP contribution in [0.4, 0.5) is 0 Å². The van der Waals surface area contributed by atoms with E-state index in [0.717, 1.165) is 11.5 Å². The topological polar surface area (TPSA) is 66.7 Å². The molecule has 0 saturated carbocycles. The lowest BCUT2D eigenvalue weighted by molar-refractivity contribution is 0.166. The van der Waals surface area contributed by atoms with Crippen molar-refractivity contribution in [1.29, 1.82) is 0 Å². The Hall–Kier alpha value is -1.12. The molecule has 1 fully saturated rings. The molecule has 0 unspecified atom stereocenters. The lowest BCUT2D eigenvalue weighted by Gasteiger charge is -2.34. The van der Waals surface area contributed by atoms with E-state index in [1.165, 1.54) is 4.31 Å². The minimum absolute atomic E-state index is 0.114. The van der Waals surface area contributed by atoms with Crippen molar-refractivity contribution in [3.8, 4) is 0 Å². The third-order valence-electron chi connectivity index (χ3n) is 4.57. The third kappa shape index (κ3) is 3.77. The first kappa shape index (κ1) is 19.6. The molecule has 0 atom stereocenters. The zero-order chi connectivity index (χ0) is 19.1. The molecule has 2 heterocycles. The van der Waals surface area contributed by atoms with E-state index in [9.17, 15) is 8.42 Å². The Labute approximate surface area is 163 Å². The molecule has 6 nitrogen and oxygen atoms in total. The number of benzene rings is 1.